The first-order chi connectivity index (χ1) is 13.9. The van der Waals surface area contributed by atoms with Crippen LogP contribution in [0.15, 0.2) is 46.6 Å². The monoisotopic (exact) mass is 412 g/mol. The van der Waals surface area contributed by atoms with E-state index in [1.807, 2.05) is 13.8 Å². The SMILES string of the molecule is CC(C)=CCC/C(C)=C/CC1(C/C=C(\C)CCC=C(C)C)C(=O)CC(C)(C)CC1=O. The molecule has 30 heavy (non-hydrogen) atoms. The van der Waals surface area contributed by atoms with Gasteiger partial charge in [0.25, 0.3) is 0 Å². The van der Waals surface area contributed by atoms with E-state index in [2.05, 4.69) is 65.8 Å². The summed E-state index contributed by atoms with van der Waals surface area (Å²) in [6.07, 6.45) is 14.8. The van der Waals surface area contributed by atoms with Crippen LogP contribution in [0.5, 0.6) is 0 Å². The molecule has 0 atom stereocenters. The molecular weight excluding hydrogens is 368 g/mol. The van der Waals surface area contributed by atoms with E-state index in [-0.39, 0.29) is 17.0 Å². The molecule has 2 heteroatoms. The minimum atomic E-state index is -0.870. The molecule has 0 heterocycles. The van der Waals surface area contributed by atoms with Crippen LogP contribution >= 0.6 is 0 Å². The minimum absolute atomic E-state index is 0.130. The first kappa shape index (κ1) is 26.3. The van der Waals surface area contributed by atoms with Crippen LogP contribution in [0, 0.1) is 10.8 Å². The highest BCUT2D eigenvalue weighted by molar-refractivity contribution is 6.10. The van der Waals surface area contributed by atoms with E-state index in [0.717, 1.165) is 25.7 Å². The Morgan fingerprint density at radius 3 is 1.40 bits per heavy atom. The average Bonchev–Trinajstić information content (AvgIpc) is 2.59. The largest absolute Gasteiger partial charge is 0.299 e. The quantitative estimate of drug-likeness (QED) is 0.268. The van der Waals surface area contributed by atoms with E-state index in [1.165, 1.54) is 22.3 Å². The maximum Gasteiger partial charge on any atom is 0.147 e. The van der Waals surface area contributed by atoms with Crippen LogP contribution in [-0.2, 0) is 9.59 Å². The van der Waals surface area contributed by atoms with Crippen LogP contribution in [0.2, 0.25) is 0 Å². The molecule has 1 fully saturated rings. The molecular formula is C28H44O2. The fourth-order valence-corrected chi connectivity index (χ4v) is 4.04. The number of Topliss-reactive ketones (excluding diaryl/α,β-unsaturated/α-hetero) is 2. The number of hydrogen-bond acceptors (Lipinski definition) is 2. The Morgan fingerprint density at radius 1 is 0.700 bits per heavy atom. The van der Waals surface area contributed by atoms with Gasteiger partial charge in [-0.2, -0.15) is 0 Å². The molecule has 0 aromatic rings. The van der Waals surface area contributed by atoms with Crippen LogP contribution in [0.3, 0.4) is 0 Å². The lowest BCUT2D eigenvalue weighted by molar-refractivity contribution is -0.148. The molecule has 0 spiro atoms. The fourth-order valence-electron chi connectivity index (χ4n) is 4.04. The van der Waals surface area contributed by atoms with Gasteiger partial charge < -0.3 is 0 Å². The highest BCUT2D eigenvalue weighted by Gasteiger charge is 2.50. The van der Waals surface area contributed by atoms with Crippen molar-refractivity contribution in [2.24, 2.45) is 10.8 Å². The van der Waals surface area contributed by atoms with E-state index in [1.54, 1.807) is 0 Å². The second-order valence-electron chi connectivity index (χ2n) is 10.6. The molecule has 0 aromatic heterocycles. The molecule has 0 N–H and O–H groups in total. The predicted molar refractivity (Wildman–Crippen MR) is 130 cm³/mol. The summed E-state index contributed by atoms with van der Waals surface area (Å²) in [7, 11) is 0. The number of carbonyl (C=O) groups excluding carboxylic acids is 2. The number of allylic oxidation sites excluding steroid dienone is 8. The Balaban J connectivity index is 3.03. The number of rotatable bonds is 10. The Bertz CT molecular complexity index is 671. The summed E-state index contributed by atoms with van der Waals surface area (Å²) >= 11 is 0. The first-order valence-electron chi connectivity index (χ1n) is 11.5. The van der Waals surface area contributed by atoms with Gasteiger partial charge in [0.1, 0.15) is 11.6 Å². The van der Waals surface area contributed by atoms with Crippen LogP contribution in [0.4, 0.5) is 0 Å². The van der Waals surface area contributed by atoms with Gasteiger partial charge in [-0.3, -0.25) is 9.59 Å². The van der Waals surface area contributed by atoms with E-state index >= 15 is 0 Å². The summed E-state index contributed by atoms with van der Waals surface area (Å²) in [6, 6.07) is 0. The van der Waals surface area contributed by atoms with Crippen molar-refractivity contribution in [2.75, 3.05) is 0 Å². The molecule has 0 radical (unpaired) electrons. The smallest absolute Gasteiger partial charge is 0.147 e. The lowest BCUT2D eigenvalue weighted by Gasteiger charge is -2.40. The van der Waals surface area contributed by atoms with Crippen molar-refractivity contribution in [3.05, 3.63) is 46.6 Å². The van der Waals surface area contributed by atoms with Gasteiger partial charge >= 0.3 is 0 Å². The van der Waals surface area contributed by atoms with Crippen molar-refractivity contribution < 1.29 is 9.59 Å². The van der Waals surface area contributed by atoms with Gasteiger partial charge in [0, 0.05) is 12.8 Å². The van der Waals surface area contributed by atoms with Gasteiger partial charge in [-0.1, -0.05) is 60.4 Å². The standard InChI is InChI=1S/C28H44O2/c1-21(2)11-9-13-23(5)15-17-28(18-16-24(6)14-10-12-22(3)4)25(29)19-27(7,8)20-26(28)30/h11-12,15-16H,9-10,13-14,17-20H2,1-8H3/b23-15+,24-16+. The van der Waals surface area contributed by atoms with Crippen molar-refractivity contribution in [1.82, 2.24) is 0 Å². The van der Waals surface area contributed by atoms with E-state index in [4.69, 9.17) is 0 Å². The molecule has 1 saturated carbocycles. The van der Waals surface area contributed by atoms with Crippen LogP contribution in [-0.4, -0.2) is 11.6 Å². The van der Waals surface area contributed by atoms with E-state index in [9.17, 15) is 9.59 Å². The van der Waals surface area contributed by atoms with Crippen molar-refractivity contribution >= 4 is 11.6 Å². The highest BCUT2D eigenvalue weighted by atomic mass is 16.2. The predicted octanol–water partition coefficient (Wildman–Crippen LogP) is 8.10. The molecule has 2 nitrogen and oxygen atoms in total. The molecule has 1 aliphatic rings. The van der Waals surface area contributed by atoms with Crippen molar-refractivity contribution in [3.8, 4) is 0 Å². The third kappa shape index (κ3) is 8.58. The van der Waals surface area contributed by atoms with Gasteiger partial charge in [-0.15, -0.1) is 0 Å². The summed E-state index contributed by atoms with van der Waals surface area (Å²) in [5.41, 5.74) is 4.09. The van der Waals surface area contributed by atoms with Crippen molar-refractivity contribution in [2.45, 2.75) is 107 Å². The first-order valence-corrected chi connectivity index (χ1v) is 11.5. The topological polar surface area (TPSA) is 34.1 Å². The van der Waals surface area contributed by atoms with Gasteiger partial charge in [0.15, 0.2) is 0 Å². The number of ketones is 2. The molecule has 1 aliphatic carbocycles. The van der Waals surface area contributed by atoms with Gasteiger partial charge in [-0.05, 0) is 85.5 Å². The number of carbonyl (C=O) groups is 2. The van der Waals surface area contributed by atoms with Crippen molar-refractivity contribution in [1.29, 1.82) is 0 Å². The van der Waals surface area contributed by atoms with Crippen LogP contribution in [0.1, 0.15) is 107 Å². The molecule has 0 bridgehead atoms. The summed E-state index contributed by atoms with van der Waals surface area (Å²) in [6.45, 7) is 16.8. The second kappa shape index (κ2) is 11.6. The van der Waals surface area contributed by atoms with Gasteiger partial charge in [0.05, 0.1) is 5.41 Å². The molecule has 0 amide bonds. The Kier molecular flexibility index (Phi) is 10.2. The second-order valence-corrected chi connectivity index (χ2v) is 10.6. The molecule has 0 unspecified atom stereocenters. The maximum atomic E-state index is 13.3. The van der Waals surface area contributed by atoms with Crippen molar-refractivity contribution in [3.63, 3.8) is 0 Å². The molecule has 1 rings (SSSR count). The Morgan fingerprint density at radius 2 is 1.07 bits per heavy atom. The Hall–Kier alpha value is -1.70. The highest BCUT2D eigenvalue weighted by Crippen LogP contribution is 2.45. The lowest BCUT2D eigenvalue weighted by Crippen LogP contribution is -2.47. The normalized spacial score (nSPS) is 18.9. The van der Waals surface area contributed by atoms with Crippen LogP contribution < -0.4 is 0 Å². The lowest BCUT2D eigenvalue weighted by atomic mass is 9.60. The van der Waals surface area contributed by atoms with Gasteiger partial charge in [0.2, 0.25) is 0 Å². The van der Waals surface area contributed by atoms with E-state index < -0.39 is 5.41 Å². The zero-order valence-electron chi connectivity index (χ0n) is 20.8. The summed E-state index contributed by atoms with van der Waals surface area (Å²) in [5, 5.41) is 0. The van der Waals surface area contributed by atoms with Gasteiger partial charge in [-0.25, -0.2) is 0 Å². The molecule has 0 saturated heterocycles. The third-order valence-corrected chi connectivity index (χ3v) is 6.13. The van der Waals surface area contributed by atoms with E-state index in [0.29, 0.717) is 25.7 Å². The fraction of sp³-hybridized carbons (Fsp3) is 0.643. The third-order valence-electron chi connectivity index (χ3n) is 6.13. The maximum absolute atomic E-state index is 13.3. The zero-order valence-corrected chi connectivity index (χ0v) is 20.8. The van der Waals surface area contributed by atoms with Crippen LogP contribution in [0.25, 0.3) is 0 Å². The summed E-state index contributed by atoms with van der Waals surface area (Å²) in [4.78, 5) is 26.6. The zero-order chi connectivity index (χ0) is 22.9. The average molecular weight is 413 g/mol. The minimum Gasteiger partial charge on any atom is -0.299 e. The Labute approximate surface area is 185 Å². The summed E-state index contributed by atoms with van der Waals surface area (Å²) in [5.74, 6) is 0.260. The summed E-state index contributed by atoms with van der Waals surface area (Å²) < 4.78 is 0. The molecule has 168 valence electrons. The molecule has 0 aliphatic heterocycles. The molecule has 0 aromatic carbocycles. The number of hydrogen-bond donors (Lipinski definition) is 0.